The number of carbonyl (C=O) groups excluding carboxylic acids is 1. The summed E-state index contributed by atoms with van der Waals surface area (Å²) in [6.07, 6.45) is -7.62. The van der Waals surface area contributed by atoms with E-state index in [1.165, 1.54) is 11.3 Å². The predicted octanol–water partition coefficient (Wildman–Crippen LogP) is 5.16. The van der Waals surface area contributed by atoms with Crippen LogP contribution in [0.15, 0.2) is 18.2 Å². The number of thiophene rings is 1. The summed E-state index contributed by atoms with van der Waals surface area (Å²) in [5.41, 5.74) is -1.89. The maximum absolute atomic E-state index is 12.9. The van der Waals surface area contributed by atoms with Gasteiger partial charge in [0.2, 0.25) is 0 Å². The Bertz CT molecular complexity index is 956. The Labute approximate surface area is 164 Å². The van der Waals surface area contributed by atoms with Crippen molar-refractivity contribution >= 4 is 22.2 Å². The van der Waals surface area contributed by atoms with Crippen LogP contribution in [0, 0.1) is 11.3 Å². The van der Waals surface area contributed by atoms with Crippen LogP contribution in [-0.4, -0.2) is 12.5 Å². The lowest BCUT2D eigenvalue weighted by molar-refractivity contribution is -0.143. The number of amides is 1. The number of nitrogens with one attached hydrogen (secondary N) is 1. The lowest BCUT2D eigenvalue weighted by atomic mass is 10.1. The van der Waals surface area contributed by atoms with Gasteiger partial charge in [0.05, 0.1) is 16.7 Å². The lowest BCUT2D eigenvalue weighted by Gasteiger charge is -2.14. The fourth-order valence-corrected chi connectivity index (χ4v) is 4.19. The van der Waals surface area contributed by atoms with E-state index in [2.05, 4.69) is 5.32 Å². The number of anilines is 1. The Kier molecular flexibility index (Phi) is 5.49. The molecule has 29 heavy (non-hydrogen) atoms. The van der Waals surface area contributed by atoms with Gasteiger partial charge in [0.15, 0.2) is 6.61 Å². The van der Waals surface area contributed by atoms with E-state index >= 15 is 0 Å². The molecule has 2 aromatic rings. The number of rotatable bonds is 4. The second-order valence-electron chi connectivity index (χ2n) is 6.25. The first kappa shape index (κ1) is 21.0. The van der Waals surface area contributed by atoms with Crippen molar-refractivity contribution in [2.45, 2.75) is 31.6 Å². The van der Waals surface area contributed by atoms with Crippen molar-refractivity contribution in [1.29, 1.82) is 5.26 Å². The Hall–Kier alpha value is -2.74. The molecule has 1 aromatic carbocycles. The summed E-state index contributed by atoms with van der Waals surface area (Å²) < 4.78 is 82.0. The van der Waals surface area contributed by atoms with Gasteiger partial charge in [0.1, 0.15) is 16.8 Å². The molecule has 154 valence electrons. The number of carbonyl (C=O) groups is 1. The van der Waals surface area contributed by atoms with E-state index in [1.54, 1.807) is 0 Å². The van der Waals surface area contributed by atoms with E-state index in [4.69, 9.17) is 4.74 Å². The third kappa shape index (κ3) is 4.64. The van der Waals surface area contributed by atoms with Crippen molar-refractivity contribution < 1.29 is 35.9 Å². The zero-order chi connectivity index (χ0) is 21.4. The van der Waals surface area contributed by atoms with E-state index < -0.39 is 41.7 Å². The molecular formula is C18H12F6N2O2S. The number of nitrogens with zero attached hydrogens (tertiary/aromatic N) is 1. The van der Waals surface area contributed by atoms with E-state index in [1.807, 2.05) is 6.07 Å². The fraction of sp³-hybridized carbons (Fsp3) is 0.333. The minimum Gasteiger partial charge on any atom is -0.484 e. The highest BCUT2D eigenvalue weighted by Crippen LogP contribution is 2.39. The molecule has 0 unspecified atom stereocenters. The molecule has 11 heteroatoms. The molecule has 1 aliphatic carbocycles. The quantitative estimate of drug-likeness (QED) is 0.676. The molecule has 0 saturated heterocycles. The van der Waals surface area contributed by atoms with E-state index in [0.717, 1.165) is 23.3 Å². The van der Waals surface area contributed by atoms with Gasteiger partial charge in [-0.3, -0.25) is 4.79 Å². The predicted molar refractivity (Wildman–Crippen MR) is 91.6 cm³/mol. The van der Waals surface area contributed by atoms with Crippen molar-refractivity contribution in [3.8, 4) is 11.8 Å². The number of hydrogen-bond donors (Lipinski definition) is 1. The Morgan fingerprint density at radius 1 is 1.10 bits per heavy atom. The highest BCUT2D eigenvalue weighted by Gasteiger charge is 2.37. The summed E-state index contributed by atoms with van der Waals surface area (Å²) in [6, 6.07) is 2.76. The average molecular weight is 434 g/mol. The minimum absolute atomic E-state index is 0.0285. The number of ether oxygens (including phenoxy) is 1. The number of benzene rings is 1. The number of hydrogen-bond acceptors (Lipinski definition) is 4. The maximum atomic E-state index is 12.9. The average Bonchev–Trinajstić information content (AvgIpc) is 3.18. The monoisotopic (exact) mass is 434 g/mol. The second kappa shape index (κ2) is 7.59. The highest BCUT2D eigenvalue weighted by atomic mass is 32.1. The van der Waals surface area contributed by atoms with Crippen LogP contribution in [0.1, 0.15) is 33.6 Å². The first-order valence-corrected chi connectivity index (χ1v) is 9.07. The maximum Gasteiger partial charge on any atom is 0.416 e. The number of aryl methyl sites for hydroxylation is 1. The molecule has 1 heterocycles. The smallest absolute Gasteiger partial charge is 0.416 e. The normalized spacial score (nSPS) is 13.7. The molecule has 1 aliphatic rings. The van der Waals surface area contributed by atoms with Crippen LogP contribution in [0.2, 0.25) is 0 Å². The molecule has 0 spiro atoms. The fourth-order valence-electron chi connectivity index (χ4n) is 2.93. The van der Waals surface area contributed by atoms with Crippen LogP contribution in [0.4, 0.5) is 31.3 Å². The summed E-state index contributed by atoms with van der Waals surface area (Å²) in [4.78, 5) is 13.0. The lowest BCUT2D eigenvalue weighted by Crippen LogP contribution is -2.20. The molecule has 0 bridgehead atoms. The van der Waals surface area contributed by atoms with Gasteiger partial charge in [-0.15, -0.1) is 11.3 Å². The third-order valence-corrected chi connectivity index (χ3v) is 5.42. The number of nitriles is 1. The van der Waals surface area contributed by atoms with Gasteiger partial charge in [0.25, 0.3) is 5.91 Å². The topological polar surface area (TPSA) is 62.1 Å². The minimum atomic E-state index is -5.01. The Morgan fingerprint density at radius 3 is 2.28 bits per heavy atom. The summed E-state index contributed by atoms with van der Waals surface area (Å²) in [6.45, 7) is -0.813. The van der Waals surface area contributed by atoms with Crippen molar-refractivity contribution in [2.24, 2.45) is 0 Å². The van der Waals surface area contributed by atoms with Gasteiger partial charge in [-0.2, -0.15) is 31.6 Å². The highest BCUT2D eigenvalue weighted by molar-refractivity contribution is 7.16. The van der Waals surface area contributed by atoms with Crippen molar-refractivity contribution in [3.63, 3.8) is 0 Å². The standard InChI is InChI=1S/C18H12F6N2O2S/c19-17(20,21)9-4-10(18(22,23)24)6-11(5-9)28-8-15(27)26-16-13(7-25)12-2-1-3-14(12)29-16/h4-6H,1-3,8H2,(H,26,27). The van der Waals surface area contributed by atoms with Crippen molar-refractivity contribution in [2.75, 3.05) is 11.9 Å². The Morgan fingerprint density at radius 2 is 1.72 bits per heavy atom. The SMILES string of the molecule is N#Cc1c(NC(=O)COc2cc(C(F)(F)F)cc(C(F)(F)F)c2)sc2c1CCC2. The second-order valence-corrected chi connectivity index (χ2v) is 7.36. The van der Waals surface area contributed by atoms with Crippen LogP contribution in [0.5, 0.6) is 5.75 Å². The van der Waals surface area contributed by atoms with Crippen LogP contribution < -0.4 is 10.1 Å². The summed E-state index contributed by atoms with van der Waals surface area (Å²) in [5.74, 6) is -1.54. The molecule has 1 amide bonds. The zero-order valence-corrected chi connectivity index (χ0v) is 15.3. The third-order valence-electron chi connectivity index (χ3n) is 4.22. The molecule has 0 fully saturated rings. The molecule has 0 atom stereocenters. The van der Waals surface area contributed by atoms with Crippen molar-refractivity contribution in [1.82, 2.24) is 0 Å². The number of alkyl halides is 6. The summed E-state index contributed by atoms with van der Waals surface area (Å²) in [7, 11) is 0. The molecule has 1 aromatic heterocycles. The number of fused-ring (bicyclic) bond motifs is 1. The molecule has 3 rings (SSSR count). The van der Waals surface area contributed by atoms with E-state index in [0.29, 0.717) is 29.1 Å². The van der Waals surface area contributed by atoms with Gasteiger partial charge in [0, 0.05) is 4.88 Å². The first-order valence-electron chi connectivity index (χ1n) is 8.26. The molecule has 4 nitrogen and oxygen atoms in total. The number of halogens is 6. The molecule has 1 N–H and O–H groups in total. The van der Waals surface area contributed by atoms with Crippen LogP contribution in [-0.2, 0) is 30.0 Å². The van der Waals surface area contributed by atoms with E-state index in [9.17, 15) is 36.4 Å². The molecular weight excluding hydrogens is 422 g/mol. The summed E-state index contributed by atoms with van der Waals surface area (Å²) in [5, 5.41) is 12.0. The van der Waals surface area contributed by atoms with Crippen molar-refractivity contribution in [3.05, 3.63) is 45.3 Å². The van der Waals surface area contributed by atoms with Gasteiger partial charge < -0.3 is 10.1 Å². The largest absolute Gasteiger partial charge is 0.484 e. The van der Waals surface area contributed by atoms with Crippen LogP contribution >= 0.6 is 11.3 Å². The van der Waals surface area contributed by atoms with Gasteiger partial charge in [-0.1, -0.05) is 0 Å². The molecule has 0 saturated carbocycles. The first-order chi connectivity index (χ1) is 13.5. The Balaban J connectivity index is 1.74. The van der Waals surface area contributed by atoms with Gasteiger partial charge in [-0.05, 0) is 43.0 Å². The van der Waals surface area contributed by atoms with Gasteiger partial charge >= 0.3 is 12.4 Å². The van der Waals surface area contributed by atoms with Crippen LogP contribution in [0.3, 0.4) is 0 Å². The zero-order valence-electron chi connectivity index (χ0n) is 14.5. The molecule has 0 radical (unpaired) electrons. The summed E-state index contributed by atoms with van der Waals surface area (Å²) >= 11 is 1.23. The van der Waals surface area contributed by atoms with Gasteiger partial charge in [-0.25, -0.2) is 0 Å². The molecule has 0 aliphatic heterocycles. The van der Waals surface area contributed by atoms with Crippen LogP contribution in [0.25, 0.3) is 0 Å². The van der Waals surface area contributed by atoms with E-state index in [-0.39, 0.29) is 6.07 Å².